The summed E-state index contributed by atoms with van der Waals surface area (Å²) >= 11 is 5.65. The molecule has 0 aromatic carbocycles. The molecule has 104 valence electrons. The van der Waals surface area contributed by atoms with Crippen LogP contribution >= 0.6 is 11.6 Å². The highest BCUT2D eigenvalue weighted by Gasteiger charge is 2.39. The summed E-state index contributed by atoms with van der Waals surface area (Å²) < 4.78 is 26.5. The first-order valence-corrected chi connectivity index (χ1v) is 7.54. The van der Waals surface area contributed by atoms with Crippen LogP contribution < -0.4 is 5.32 Å². The van der Waals surface area contributed by atoms with Crippen LogP contribution in [-0.4, -0.2) is 42.4 Å². The van der Waals surface area contributed by atoms with E-state index in [0.717, 1.165) is 0 Å². The van der Waals surface area contributed by atoms with Gasteiger partial charge in [-0.1, -0.05) is 0 Å². The number of alkyl carbamates (subject to hydrolysis) is 1. The average molecular weight is 298 g/mol. The Labute approximate surface area is 111 Å². The Kier molecular flexibility index (Phi) is 4.27. The van der Waals surface area contributed by atoms with E-state index < -0.39 is 43.8 Å². The number of sulfone groups is 1. The third-order valence-corrected chi connectivity index (χ3v) is 4.88. The molecule has 1 N–H and O–H groups in total. The molecule has 0 aromatic rings. The van der Waals surface area contributed by atoms with Crippen LogP contribution in [-0.2, 0) is 19.4 Å². The molecule has 1 saturated heterocycles. The van der Waals surface area contributed by atoms with Crippen LogP contribution in [0.2, 0.25) is 0 Å². The first-order valence-electron chi connectivity index (χ1n) is 5.39. The zero-order valence-corrected chi connectivity index (χ0v) is 12.0. The van der Waals surface area contributed by atoms with Crippen molar-refractivity contribution >= 4 is 33.3 Å². The lowest BCUT2D eigenvalue weighted by atomic mass is 10.1. The second kappa shape index (κ2) is 5.05. The minimum absolute atomic E-state index is 0.137. The van der Waals surface area contributed by atoms with Crippen LogP contribution in [0.15, 0.2) is 0 Å². The molecule has 1 fully saturated rings. The number of Topliss-reactive ketones (excluding diaryl/α,β-unsaturated/α-hetero) is 1. The number of hydrogen-bond acceptors (Lipinski definition) is 5. The molecule has 2 atom stereocenters. The molecule has 0 saturated carbocycles. The highest BCUT2D eigenvalue weighted by Crippen LogP contribution is 2.21. The largest absolute Gasteiger partial charge is 0.444 e. The van der Waals surface area contributed by atoms with Gasteiger partial charge in [-0.05, 0) is 20.8 Å². The number of hydrogen-bond donors (Lipinski definition) is 1. The number of alkyl halides is 1. The van der Waals surface area contributed by atoms with Crippen LogP contribution in [0.25, 0.3) is 0 Å². The summed E-state index contributed by atoms with van der Waals surface area (Å²) in [7, 11) is -3.59. The molecule has 1 aliphatic heterocycles. The van der Waals surface area contributed by atoms with Gasteiger partial charge in [0.05, 0.1) is 6.04 Å². The lowest BCUT2D eigenvalue weighted by molar-refractivity contribution is -0.119. The van der Waals surface area contributed by atoms with E-state index in [1.165, 1.54) is 0 Å². The molecule has 1 rings (SSSR count). The summed E-state index contributed by atoms with van der Waals surface area (Å²) in [5.74, 6) is -1.22. The van der Waals surface area contributed by atoms with Gasteiger partial charge in [-0.2, -0.15) is 0 Å². The van der Waals surface area contributed by atoms with E-state index in [-0.39, 0.29) is 6.42 Å². The first kappa shape index (κ1) is 15.2. The van der Waals surface area contributed by atoms with E-state index >= 15 is 0 Å². The molecule has 0 radical (unpaired) electrons. The average Bonchev–Trinajstić information content (AvgIpc) is 2.10. The van der Waals surface area contributed by atoms with Crippen molar-refractivity contribution in [3.05, 3.63) is 0 Å². The van der Waals surface area contributed by atoms with Gasteiger partial charge in [0.15, 0.2) is 15.6 Å². The van der Waals surface area contributed by atoms with Crippen LogP contribution in [0.5, 0.6) is 0 Å². The molecule has 0 spiro atoms. The van der Waals surface area contributed by atoms with E-state index in [1.54, 1.807) is 20.8 Å². The predicted octanol–water partition coefficient (Wildman–Crippen LogP) is 0.832. The Morgan fingerprint density at radius 2 is 2.00 bits per heavy atom. The zero-order valence-electron chi connectivity index (χ0n) is 10.4. The first-order chi connectivity index (χ1) is 8.01. The number of carbonyl (C=O) groups is 2. The predicted molar refractivity (Wildman–Crippen MR) is 66.2 cm³/mol. The highest BCUT2D eigenvalue weighted by molar-refractivity contribution is 7.94. The number of ether oxygens (including phenoxy) is 1. The Bertz CT molecular complexity index is 453. The summed E-state index contributed by atoms with van der Waals surface area (Å²) in [4.78, 5) is 23.0. The summed E-state index contributed by atoms with van der Waals surface area (Å²) in [6.45, 7) is 5.05. The fourth-order valence-corrected chi connectivity index (χ4v) is 3.07. The molecular formula is C10H16ClNO5S. The van der Waals surface area contributed by atoms with E-state index in [1.807, 2.05) is 0 Å². The number of carbonyl (C=O) groups excluding carboxylic acids is 2. The fourth-order valence-electron chi connectivity index (χ4n) is 1.44. The van der Waals surface area contributed by atoms with Crippen molar-refractivity contribution in [3.8, 4) is 0 Å². The summed E-state index contributed by atoms with van der Waals surface area (Å²) in [5.41, 5.74) is -0.686. The molecule has 0 aromatic heterocycles. The third-order valence-electron chi connectivity index (χ3n) is 2.23. The van der Waals surface area contributed by atoms with Crippen molar-refractivity contribution in [1.29, 1.82) is 0 Å². The van der Waals surface area contributed by atoms with Gasteiger partial charge < -0.3 is 10.1 Å². The standard InChI is InChI=1S/C10H16ClNO5S/c1-10(2,3)17-9(14)12-6-4-8(11)18(15,16)5-7(6)13/h6,8H,4-5H2,1-3H3,(H,12,14). The number of rotatable bonds is 1. The Hall–Kier alpha value is -0.820. The molecule has 0 aliphatic carbocycles. The van der Waals surface area contributed by atoms with Crippen LogP contribution in [0.1, 0.15) is 27.2 Å². The normalized spacial score (nSPS) is 27.7. The summed E-state index contributed by atoms with van der Waals surface area (Å²) in [6, 6.07) is -0.911. The molecule has 6 nitrogen and oxygen atoms in total. The molecule has 2 unspecified atom stereocenters. The maximum atomic E-state index is 11.5. The van der Waals surface area contributed by atoms with Gasteiger partial charge in [-0.3, -0.25) is 4.79 Å². The summed E-state index contributed by atoms with van der Waals surface area (Å²) in [5, 5.41) is 2.33. The third kappa shape index (κ3) is 4.13. The SMILES string of the molecule is CC(C)(C)OC(=O)NC1CC(Cl)S(=O)(=O)CC1=O. The Balaban J connectivity index is 2.64. The van der Waals surface area contributed by atoms with E-state index in [0.29, 0.717) is 0 Å². The zero-order chi connectivity index (χ0) is 14.1. The molecule has 1 amide bonds. The smallest absolute Gasteiger partial charge is 0.408 e. The fraction of sp³-hybridized carbons (Fsp3) is 0.800. The topological polar surface area (TPSA) is 89.5 Å². The van der Waals surface area contributed by atoms with Crippen molar-refractivity contribution in [1.82, 2.24) is 5.32 Å². The number of amides is 1. The Morgan fingerprint density at radius 1 is 1.44 bits per heavy atom. The second-order valence-electron chi connectivity index (χ2n) is 5.12. The van der Waals surface area contributed by atoms with Gasteiger partial charge in [0.25, 0.3) is 0 Å². The van der Waals surface area contributed by atoms with Crippen molar-refractivity contribution < 1.29 is 22.7 Å². The van der Waals surface area contributed by atoms with E-state index in [2.05, 4.69) is 5.32 Å². The molecule has 1 aliphatic rings. The van der Waals surface area contributed by atoms with Crippen LogP contribution in [0.3, 0.4) is 0 Å². The van der Waals surface area contributed by atoms with Crippen molar-refractivity contribution in [2.45, 2.75) is 43.5 Å². The summed E-state index contributed by atoms with van der Waals surface area (Å²) in [6.07, 6.45) is -0.897. The van der Waals surface area contributed by atoms with Crippen molar-refractivity contribution in [3.63, 3.8) is 0 Å². The molecule has 1 heterocycles. The van der Waals surface area contributed by atoms with Crippen molar-refractivity contribution in [2.75, 3.05) is 5.75 Å². The second-order valence-corrected chi connectivity index (χ2v) is 8.09. The molecule has 8 heteroatoms. The van der Waals surface area contributed by atoms with E-state index in [4.69, 9.17) is 16.3 Å². The lowest BCUT2D eigenvalue weighted by Crippen LogP contribution is -2.51. The van der Waals surface area contributed by atoms with Gasteiger partial charge in [-0.25, -0.2) is 13.2 Å². The minimum atomic E-state index is -3.59. The number of halogens is 1. The molecular weight excluding hydrogens is 282 g/mol. The number of ketones is 1. The maximum absolute atomic E-state index is 11.5. The van der Waals surface area contributed by atoms with Crippen LogP contribution in [0.4, 0.5) is 4.79 Å². The van der Waals surface area contributed by atoms with Gasteiger partial charge in [-0.15, -0.1) is 11.6 Å². The Morgan fingerprint density at radius 3 is 2.50 bits per heavy atom. The minimum Gasteiger partial charge on any atom is -0.444 e. The maximum Gasteiger partial charge on any atom is 0.408 e. The molecule has 18 heavy (non-hydrogen) atoms. The van der Waals surface area contributed by atoms with Crippen molar-refractivity contribution in [2.24, 2.45) is 0 Å². The monoisotopic (exact) mass is 297 g/mol. The van der Waals surface area contributed by atoms with E-state index in [9.17, 15) is 18.0 Å². The van der Waals surface area contributed by atoms with Gasteiger partial charge in [0, 0.05) is 6.42 Å². The van der Waals surface area contributed by atoms with Gasteiger partial charge in [0.2, 0.25) is 0 Å². The van der Waals surface area contributed by atoms with Gasteiger partial charge in [0.1, 0.15) is 16.1 Å². The number of nitrogens with one attached hydrogen (secondary N) is 1. The van der Waals surface area contributed by atoms with Crippen LogP contribution in [0, 0.1) is 0 Å². The highest BCUT2D eigenvalue weighted by atomic mass is 35.5. The van der Waals surface area contributed by atoms with Gasteiger partial charge >= 0.3 is 6.09 Å². The quantitative estimate of drug-likeness (QED) is 0.724. The molecule has 0 bridgehead atoms. The lowest BCUT2D eigenvalue weighted by Gasteiger charge is -2.27.